The van der Waals surface area contributed by atoms with E-state index in [0.29, 0.717) is 21.2 Å². The minimum Gasteiger partial charge on any atom is -0.548 e. The van der Waals surface area contributed by atoms with Crippen molar-refractivity contribution in [1.29, 1.82) is 0 Å². The number of aliphatic carboxylic acids is 2. The van der Waals surface area contributed by atoms with Crippen molar-refractivity contribution < 1.29 is 29.4 Å². The first-order valence-corrected chi connectivity index (χ1v) is 15.5. The van der Waals surface area contributed by atoms with Crippen LogP contribution < -0.4 is 20.8 Å². The van der Waals surface area contributed by atoms with Gasteiger partial charge in [0.25, 0.3) is 11.8 Å². The summed E-state index contributed by atoms with van der Waals surface area (Å²) in [7, 11) is 0. The Labute approximate surface area is 307 Å². The number of nitrogens with one attached hydrogen (secondary N) is 4. The number of amides is 2. The van der Waals surface area contributed by atoms with Crippen LogP contribution >= 0.6 is 23.2 Å². The molecule has 0 saturated heterocycles. The molecule has 0 aliphatic rings. The summed E-state index contributed by atoms with van der Waals surface area (Å²) in [6.07, 6.45) is 3.75. The average Bonchev–Trinajstić information content (AvgIpc) is 3.69. The van der Waals surface area contributed by atoms with E-state index in [4.69, 9.17) is 23.2 Å². The molecule has 2 aromatic heterocycles. The Morgan fingerprint density at radius 3 is 1.27 bits per heavy atom. The number of hydrogen-bond acceptors (Lipinski definition) is 6. The number of fused-ring (bicyclic) bond motifs is 2. The van der Waals surface area contributed by atoms with Crippen molar-refractivity contribution in [3.8, 4) is 0 Å². The van der Waals surface area contributed by atoms with Crippen molar-refractivity contribution in [2.75, 3.05) is 0 Å². The van der Waals surface area contributed by atoms with Gasteiger partial charge < -0.3 is 40.4 Å². The van der Waals surface area contributed by atoms with Crippen molar-refractivity contribution in [2.24, 2.45) is 0 Å². The van der Waals surface area contributed by atoms with Crippen LogP contribution in [-0.4, -0.2) is 68.9 Å². The fourth-order valence-corrected chi connectivity index (χ4v) is 5.37. The van der Waals surface area contributed by atoms with E-state index in [9.17, 15) is 29.4 Å². The van der Waals surface area contributed by atoms with E-state index < -0.39 is 35.8 Å². The number of rotatable bonds is 10. The smallest absolute Gasteiger partial charge is 0.548 e. The number of benzene rings is 4. The minimum absolute atomic E-state index is 0. The molecule has 244 valence electrons. The van der Waals surface area contributed by atoms with Crippen LogP contribution in [-0.2, 0) is 22.4 Å². The maximum Gasteiger partial charge on any atom is 2.00 e. The molecular formula is C36H28Cl2MgN4O6. The number of aromatic nitrogens is 2. The summed E-state index contributed by atoms with van der Waals surface area (Å²) < 4.78 is 0. The van der Waals surface area contributed by atoms with Crippen LogP contribution in [0.15, 0.2) is 109 Å². The van der Waals surface area contributed by atoms with Crippen molar-refractivity contribution in [3.05, 3.63) is 142 Å². The van der Waals surface area contributed by atoms with Crippen LogP contribution in [0.1, 0.15) is 31.8 Å². The predicted molar refractivity (Wildman–Crippen MR) is 185 cm³/mol. The molecule has 0 bridgehead atoms. The van der Waals surface area contributed by atoms with Gasteiger partial charge in [-0.1, -0.05) is 59.6 Å². The molecule has 13 heteroatoms. The van der Waals surface area contributed by atoms with Gasteiger partial charge in [-0.15, -0.1) is 0 Å². The normalized spacial score (nSPS) is 11.8. The van der Waals surface area contributed by atoms with Crippen molar-refractivity contribution in [1.82, 2.24) is 20.6 Å². The van der Waals surface area contributed by atoms with E-state index >= 15 is 0 Å². The van der Waals surface area contributed by atoms with Crippen LogP contribution in [0.3, 0.4) is 0 Å². The van der Waals surface area contributed by atoms with E-state index in [2.05, 4.69) is 20.6 Å². The quantitative estimate of drug-likeness (QED) is 0.159. The molecule has 0 aliphatic heterocycles. The number of aromatic amines is 2. The molecule has 10 nitrogen and oxygen atoms in total. The van der Waals surface area contributed by atoms with Gasteiger partial charge in [0, 0.05) is 68.2 Å². The molecular weight excluding hydrogens is 680 g/mol. The van der Waals surface area contributed by atoms with Gasteiger partial charge >= 0.3 is 23.1 Å². The summed E-state index contributed by atoms with van der Waals surface area (Å²) in [6.45, 7) is 0. The third-order valence-electron chi connectivity index (χ3n) is 7.59. The van der Waals surface area contributed by atoms with Crippen LogP contribution in [0.25, 0.3) is 21.8 Å². The Hall–Kier alpha value is -4.81. The number of carbonyl (C=O) groups is 4. The van der Waals surface area contributed by atoms with E-state index in [1.54, 1.807) is 36.7 Å². The fraction of sp³-hybridized carbons (Fsp3) is 0.111. The third kappa shape index (κ3) is 9.64. The number of hydrogen-bond donors (Lipinski definition) is 4. The van der Waals surface area contributed by atoms with E-state index in [1.165, 1.54) is 24.3 Å². The number of carboxylic acids is 2. The van der Waals surface area contributed by atoms with Crippen molar-refractivity contribution in [2.45, 2.75) is 24.9 Å². The molecule has 0 unspecified atom stereocenters. The Morgan fingerprint density at radius 2 is 0.918 bits per heavy atom. The molecule has 2 heterocycles. The number of carbonyl (C=O) groups excluding carboxylic acids is 4. The summed E-state index contributed by atoms with van der Waals surface area (Å²) >= 11 is 11.6. The number of carboxylic acid groups (broad SMARTS) is 2. The Morgan fingerprint density at radius 1 is 0.571 bits per heavy atom. The van der Waals surface area contributed by atoms with Crippen LogP contribution in [0, 0.1) is 0 Å². The van der Waals surface area contributed by atoms with Crippen LogP contribution in [0.4, 0.5) is 0 Å². The topological polar surface area (TPSA) is 170 Å². The molecule has 0 fully saturated rings. The second kappa shape index (κ2) is 17.0. The van der Waals surface area contributed by atoms with Crippen molar-refractivity contribution in [3.63, 3.8) is 0 Å². The Balaban J connectivity index is 0.000000216. The zero-order chi connectivity index (χ0) is 34.2. The maximum absolute atomic E-state index is 12.2. The van der Waals surface area contributed by atoms with Crippen molar-refractivity contribution >= 4 is 91.8 Å². The number of H-pyrrole nitrogens is 2. The molecule has 6 rings (SSSR count). The van der Waals surface area contributed by atoms with Gasteiger partial charge in [-0.05, 0) is 71.8 Å². The molecule has 2 amide bonds. The van der Waals surface area contributed by atoms with Gasteiger partial charge in [-0.3, -0.25) is 9.59 Å². The summed E-state index contributed by atoms with van der Waals surface area (Å²) in [4.78, 5) is 53.4. The minimum atomic E-state index is -1.33. The van der Waals surface area contributed by atoms with E-state index in [1.807, 2.05) is 48.5 Å². The molecule has 0 spiro atoms. The first-order chi connectivity index (χ1) is 23.1. The third-order valence-corrected chi connectivity index (χ3v) is 8.09. The second-order valence-electron chi connectivity index (χ2n) is 10.8. The second-order valence-corrected chi connectivity index (χ2v) is 11.7. The largest absolute Gasteiger partial charge is 2.00 e. The predicted octanol–water partition coefficient (Wildman–Crippen LogP) is 3.44. The molecule has 49 heavy (non-hydrogen) atoms. The van der Waals surface area contributed by atoms with Gasteiger partial charge in [-0.2, -0.15) is 0 Å². The first kappa shape index (κ1) is 37.0. The van der Waals surface area contributed by atoms with E-state index in [-0.39, 0.29) is 35.9 Å². The molecule has 0 radical (unpaired) electrons. The molecule has 4 aromatic carbocycles. The maximum atomic E-state index is 12.2. The SMILES string of the molecule is O=C(N[C@@H](Cc1c[nH]c2ccccc12)C(=O)[O-])c1ccc(Cl)cc1.O=C(N[C@@H](Cc1c[nH]c2ccccc12)C(=O)[O-])c1ccc(Cl)cc1.[Mg+2]. The Kier molecular flexibility index (Phi) is 12.9. The monoisotopic (exact) mass is 706 g/mol. The first-order valence-electron chi connectivity index (χ1n) is 14.7. The average molecular weight is 708 g/mol. The fourth-order valence-electron chi connectivity index (χ4n) is 5.11. The van der Waals surface area contributed by atoms with Crippen LogP contribution in [0.5, 0.6) is 0 Å². The molecule has 2 atom stereocenters. The molecule has 4 N–H and O–H groups in total. The Bertz CT molecular complexity index is 1930. The van der Waals surface area contributed by atoms with Crippen LogP contribution in [0.2, 0.25) is 10.0 Å². The zero-order valence-electron chi connectivity index (χ0n) is 25.9. The summed E-state index contributed by atoms with van der Waals surface area (Å²) in [5, 5.41) is 30.7. The van der Waals surface area contributed by atoms with Gasteiger partial charge in [-0.25, -0.2) is 0 Å². The summed E-state index contributed by atoms with van der Waals surface area (Å²) in [5.74, 6) is -3.63. The molecule has 0 aliphatic carbocycles. The summed E-state index contributed by atoms with van der Waals surface area (Å²) in [5.41, 5.74) is 4.10. The molecule has 6 aromatic rings. The number of halogens is 2. The summed E-state index contributed by atoms with van der Waals surface area (Å²) in [6, 6.07) is 25.3. The van der Waals surface area contributed by atoms with Gasteiger partial charge in [0.15, 0.2) is 0 Å². The standard InChI is InChI=1S/2C18H15ClN2O3.Mg/c2*19-13-7-5-11(6-8-13)17(22)21-16(18(23)24)9-12-10-20-15-4-2-1-3-14(12)15;/h2*1-8,10,16,20H,9H2,(H,21,22)(H,23,24);/q;;+2/p-2/t2*16-;/m00./s1. The van der Waals surface area contributed by atoms with Gasteiger partial charge in [0.1, 0.15) is 0 Å². The van der Waals surface area contributed by atoms with Gasteiger partial charge in [0.05, 0.1) is 24.0 Å². The molecule has 0 saturated carbocycles. The van der Waals surface area contributed by atoms with E-state index in [0.717, 1.165) is 32.9 Å². The zero-order valence-corrected chi connectivity index (χ0v) is 28.8. The number of para-hydroxylation sites is 2. The van der Waals surface area contributed by atoms with Gasteiger partial charge in [0.2, 0.25) is 0 Å².